The predicted octanol–water partition coefficient (Wildman–Crippen LogP) is 4.91. The highest BCUT2D eigenvalue weighted by Gasteiger charge is 2.55. The van der Waals surface area contributed by atoms with Crippen LogP contribution in [-0.2, 0) is 14.3 Å². The van der Waals surface area contributed by atoms with E-state index in [1.54, 1.807) is 6.92 Å². The first kappa shape index (κ1) is 24.1. The van der Waals surface area contributed by atoms with Crippen LogP contribution in [-0.4, -0.2) is 29.2 Å². The second kappa shape index (κ2) is 9.78. The van der Waals surface area contributed by atoms with E-state index in [1.165, 1.54) is 12.0 Å². The van der Waals surface area contributed by atoms with Crippen molar-refractivity contribution >= 4 is 11.9 Å². The molecule has 166 valence electrons. The predicted molar refractivity (Wildman–Crippen MR) is 119 cm³/mol. The summed E-state index contributed by atoms with van der Waals surface area (Å²) in [6.45, 7) is 10.2. The van der Waals surface area contributed by atoms with Gasteiger partial charge in [-0.15, -0.1) is 0 Å². The van der Waals surface area contributed by atoms with Gasteiger partial charge in [0.2, 0.25) is 0 Å². The average molecular weight is 416 g/mol. The van der Waals surface area contributed by atoms with E-state index in [2.05, 4.69) is 13.0 Å². The molecule has 1 aromatic carbocycles. The molecule has 2 aliphatic rings. The summed E-state index contributed by atoms with van der Waals surface area (Å²) in [7, 11) is 0. The van der Waals surface area contributed by atoms with Crippen LogP contribution in [0.25, 0.3) is 0 Å². The lowest BCUT2D eigenvalue weighted by atomic mass is 9.53. The van der Waals surface area contributed by atoms with E-state index in [0.717, 1.165) is 24.3 Å². The lowest BCUT2D eigenvalue weighted by molar-refractivity contribution is -0.162. The molecule has 3 N–H and O–H groups in total. The number of carbonyl (C=O) groups is 2. The molecule has 1 aromatic rings. The molecule has 0 aromatic heterocycles. The van der Waals surface area contributed by atoms with E-state index < -0.39 is 17.5 Å². The van der Waals surface area contributed by atoms with E-state index in [9.17, 15) is 9.59 Å². The molecule has 0 saturated heterocycles. The Balaban J connectivity index is 0.000000248. The molecule has 0 unspecified atom stereocenters. The van der Waals surface area contributed by atoms with Crippen LogP contribution in [0.15, 0.2) is 42.0 Å². The van der Waals surface area contributed by atoms with Gasteiger partial charge in [-0.3, -0.25) is 9.59 Å². The number of benzene rings is 1. The molecular formula is C25H37NO4. The van der Waals surface area contributed by atoms with Crippen molar-refractivity contribution in [3.63, 3.8) is 0 Å². The van der Waals surface area contributed by atoms with Crippen LogP contribution in [0.5, 0.6) is 0 Å². The summed E-state index contributed by atoms with van der Waals surface area (Å²) in [5.41, 5.74) is 7.93. The molecule has 1 fully saturated rings. The minimum absolute atomic E-state index is 0.0378. The highest BCUT2D eigenvalue weighted by atomic mass is 16.6. The summed E-state index contributed by atoms with van der Waals surface area (Å²) < 4.78 is 5.46. The zero-order valence-corrected chi connectivity index (χ0v) is 19.0. The zero-order valence-electron chi connectivity index (χ0n) is 19.0. The fourth-order valence-corrected chi connectivity index (χ4v) is 4.59. The number of ether oxygens (including phenoxy) is 1. The van der Waals surface area contributed by atoms with Gasteiger partial charge in [-0.25, -0.2) is 0 Å². The number of aliphatic carboxylic acids is 1. The first-order valence-corrected chi connectivity index (χ1v) is 10.9. The lowest BCUT2D eigenvalue weighted by Crippen LogP contribution is -2.51. The zero-order chi connectivity index (χ0) is 22.5. The number of rotatable bonds is 6. The molecule has 0 amide bonds. The molecule has 0 heterocycles. The molecule has 4 atom stereocenters. The Labute approximate surface area is 180 Å². The number of carboxylic acids is 1. The van der Waals surface area contributed by atoms with Gasteiger partial charge >= 0.3 is 11.9 Å². The number of nitrogens with two attached hydrogens (primary N) is 1. The van der Waals surface area contributed by atoms with Crippen molar-refractivity contribution in [1.82, 2.24) is 0 Å². The summed E-state index contributed by atoms with van der Waals surface area (Å²) >= 11 is 0. The largest absolute Gasteiger partial charge is 0.481 e. The summed E-state index contributed by atoms with van der Waals surface area (Å²) in [6.07, 6.45) is 6.26. The maximum Gasteiger partial charge on any atom is 0.310 e. The molecule has 1 saturated carbocycles. The standard InChI is InChI=1S/C16H27NO2.C9H10O2/c1-5-11-6-12-8-16(10-17,13(12)7-11)9-14(18)19-15(2,3)4;1-7(9(10)11)8-5-3-2-4-6-8/h7,12-13H,5-6,8-10,17H2,1-4H3;2-7H,1H3,(H,10,11)/t12-,13-,16-;7-/m11/s1. The average Bonchev–Trinajstić information content (AvgIpc) is 3.03. The van der Waals surface area contributed by atoms with Crippen LogP contribution in [0, 0.1) is 17.3 Å². The van der Waals surface area contributed by atoms with Gasteiger partial charge in [0.15, 0.2) is 0 Å². The Kier molecular flexibility index (Phi) is 7.87. The molecule has 5 heteroatoms. The van der Waals surface area contributed by atoms with Crippen molar-refractivity contribution < 1.29 is 19.4 Å². The van der Waals surface area contributed by atoms with Gasteiger partial charge in [0.05, 0.1) is 12.3 Å². The summed E-state index contributed by atoms with van der Waals surface area (Å²) in [5.74, 6) is -0.0666. The van der Waals surface area contributed by atoms with Crippen LogP contribution in [0.1, 0.15) is 71.8 Å². The fourth-order valence-electron chi connectivity index (χ4n) is 4.59. The number of hydrogen-bond acceptors (Lipinski definition) is 4. The Hall–Kier alpha value is -2.14. The third-order valence-corrected chi connectivity index (χ3v) is 6.27. The number of allylic oxidation sites excluding steroid dienone is 2. The highest BCUT2D eigenvalue weighted by Crippen LogP contribution is 2.59. The first-order chi connectivity index (χ1) is 14.0. The number of carboxylic acid groups (broad SMARTS) is 1. The van der Waals surface area contributed by atoms with Gasteiger partial charge in [0, 0.05) is 0 Å². The molecule has 0 spiro atoms. The minimum atomic E-state index is -0.781. The lowest BCUT2D eigenvalue weighted by Gasteiger charge is -2.51. The molecular weight excluding hydrogens is 378 g/mol. The van der Waals surface area contributed by atoms with Crippen LogP contribution >= 0.6 is 0 Å². The van der Waals surface area contributed by atoms with E-state index in [0.29, 0.717) is 18.9 Å². The van der Waals surface area contributed by atoms with Gasteiger partial charge in [-0.2, -0.15) is 0 Å². The van der Waals surface area contributed by atoms with Crippen LogP contribution in [0.4, 0.5) is 0 Å². The van der Waals surface area contributed by atoms with Crippen LogP contribution < -0.4 is 5.73 Å². The molecule has 30 heavy (non-hydrogen) atoms. The molecule has 0 aliphatic heterocycles. The second-order valence-electron chi connectivity index (χ2n) is 9.67. The molecule has 3 rings (SSSR count). The Bertz CT molecular complexity index is 765. The third-order valence-electron chi connectivity index (χ3n) is 6.27. The van der Waals surface area contributed by atoms with Gasteiger partial charge < -0.3 is 15.6 Å². The van der Waals surface area contributed by atoms with Crippen LogP contribution in [0.2, 0.25) is 0 Å². The van der Waals surface area contributed by atoms with E-state index >= 15 is 0 Å². The van der Waals surface area contributed by atoms with E-state index in [1.807, 2.05) is 51.1 Å². The van der Waals surface area contributed by atoms with Gasteiger partial charge in [0.25, 0.3) is 0 Å². The van der Waals surface area contributed by atoms with Crippen molar-refractivity contribution in [2.75, 3.05) is 6.54 Å². The summed E-state index contributed by atoms with van der Waals surface area (Å²) in [6, 6.07) is 9.19. The minimum Gasteiger partial charge on any atom is -0.481 e. The molecule has 0 bridgehead atoms. The number of carbonyl (C=O) groups excluding carboxylic acids is 1. The number of hydrogen-bond donors (Lipinski definition) is 2. The van der Waals surface area contributed by atoms with Crippen molar-refractivity contribution in [3.05, 3.63) is 47.5 Å². The summed E-state index contributed by atoms with van der Waals surface area (Å²) in [4.78, 5) is 22.6. The van der Waals surface area contributed by atoms with Crippen molar-refractivity contribution in [3.8, 4) is 0 Å². The Morgan fingerprint density at radius 2 is 1.90 bits per heavy atom. The smallest absolute Gasteiger partial charge is 0.310 e. The molecule has 0 radical (unpaired) electrons. The van der Waals surface area contributed by atoms with Crippen molar-refractivity contribution in [1.29, 1.82) is 0 Å². The first-order valence-electron chi connectivity index (χ1n) is 10.9. The fraction of sp³-hybridized carbons (Fsp3) is 0.600. The topological polar surface area (TPSA) is 89.6 Å². The number of fused-ring (bicyclic) bond motifs is 1. The number of esters is 1. The summed E-state index contributed by atoms with van der Waals surface area (Å²) in [5, 5.41) is 8.64. The Morgan fingerprint density at radius 3 is 2.40 bits per heavy atom. The highest BCUT2D eigenvalue weighted by molar-refractivity contribution is 5.75. The monoisotopic (exact) mass is 415 g/mol. The van der Waals surface area contributed by atoms with Crippen molar-refractivity contribution in [2.24, 2.45) is 23.0 Å². The quantitative estimate of drug-likeness (QED) is 0.509. The van der Waals surface area contributed by atoms with E-state index in [-0.39, 0.29) is 11.4 Å². The maximum atomic E-state index is 12.1. The van der Waals surface area contributed by atoms with Crippen molar-refractivity contribution in [2.45, 2.75) is 71.8 Å². The molecule has 2 aliphatic carbocycles. The van der Waals surface area contributed by atoms with E-state index in [4.69, 9.17) is 15.6 Å². The van der Waals surface area contributed by atoms with Crippen LogP contribution in [0.3, 0.4) is 0 Å². The Morgan fingerprint density at radius 1 is 1.27 bits per heavy atom. The van der Waals surface area contributed by atoms with Gasteiger partial charge in [0.1, 0.15) is 5.60 Å². The van der Waals surface area contributed by atoms with Gasteiger partial charge in [-0.1, -0.05) is 48.9 Å². The van der Waals surface area contributed by atoms with Gasteiger partial charge in [-0.05, 0) is 76.3 Å². The maximum absolute atomic E-state index is 12.1. The third kappa shape index (κ3) is 5.94. The normalized spacial score (nSPS) is 25.7. The second-order valence-corrected chi connectivity index (χ2v) is 9.67. The SMILES string of the molecule is CCC1=C[C@@H]2[C@H](C1)C[C@]2(CN)CC(=O)OC(C)(C)C.C[C@@H](C(=O)O)c1ccccc1. The molecule has 5 nitrogen and oxygen atoms in total.